The van der Waals surface area contributed by atoms with E-state index in [0.29, 0.717) is 5.13 Å². The van der Waals surface area contributed by atoms with Crippen LogP contribution in [0.5, 0.6) is 5.75 Å². The van der Waals surface area contributed by atoms with Gasteiger partial charge in [-0.3, -0.25) is 4.79 Å². The zero-order chi connectivity index (χ0) is 19.2. The second kappa shape index (κ2) is 8.88. The molecule has 2 N–H and O–H groups in total. The first-order valence-electron chi connectivity index (χ1n) is 8.32. The van der Waals surface area contributed by atoms with Crippen molar-refractivity contribution in [3.05, 3.63) is 54.1 Å². The number of ether oxygens (including phenoxy) is 1. The number of amides is 1. The normalized spacial score (nSPS) is 11.7. The fourth-order valence-electron chi connectivity index (χ4n) is 2.30. The van der Waals surface area contributed by atoms with Crippen molar-refractivity contribution >= 4 is 45.5 Å². The van der Waals surface area contributed by atoms with Gasteiger partial charge in [-0.15, -0.1) is 10.2 Å². The minimum Gasteiger partial charge on any atom is -0.497 e. The highest BCUT2D eigenvalue weighted by Crippen LogP contribution is 2.31. The van der Waals surface area contributed by atoms with Crippen LogP contribution in [0.1, 0.15) is 12.5 Å². The molecule has 1 atom stereocenters. The Hall–Kier alpha value is -2.58. The molecule has 0 saturated carbocycles. The quantitative estimate of drug-likeness (QED) is 0.559. The standard InChI is InChI=1S/C19H20N4O2S2/c1-12-6-4-7-14(10-12)20-17(24)13(2)26-19-23-22-18(27-19)21-15-8-5-9-16(11-15)25-3/h4-11,13H,1-3H3,(H,20,24)(H,21,22). The van der Waals surface area contributed by atoms with Crippen molar-refractivity contribution < 1.29 is 9.53 Å². The summed E-state index contributed by atoms with van der Waals surface area (Å²) in [5.41, 5.74) is 2.77. The molecule has 2 aromatic carbocycles. The van der Waals surface area contributed by atoms with Crippen LogP contribution in [0, 0.1) is 6.92 Å². The summed E-state index contributed by atoms with van der Waals surface area (Å²) in [5, 5.41) is 14.8. The van der Waals surface area contributed by atoms with Crippen LogP contribution in [0.25, 0.3) is 0 Å². The molecule has 0 aliphatic rings. The summed E-state index contributed by atoms with van der Waals surface area (Å²) in [6, 6.07) is 15.3. The van der Waals surface area contributed by atoms with E-state index in [0.717, 1.165) is 27.0 Å². The molecule has 1 unspecified atom stereocenters. The fraction of sp³-hybridized carbons (Fsp3) is 0.211. The van der Waals surface area contributed by atoms with E-state index >= 15 is 0 Å². The second-order valence-electron chi connectivity index (χ2n) is 5.85. The number of rotatable bonds is 7. The predicted octanol–water partition coefficient (Wildman–Crippen LogP) is 4.72. The number of aromatic nitrogens is 2. The molecule has 0 aliphatic heterocycles. The third-order valence-electron chi connectivity index (χ3n) is 3.66. The van der Waals surface area contributed by atoms with E-state index in [4.69, 9.17) is 4.74 Å². The Morgan fingerprint density at radius 2 is 1.93 bits per heavy atom. The topological polar surface area (TPSA) is 76.1 Å². The van der Waals surface area contributed by atoms with Gasteiger partial charge in [-0.1, -0.05) is 41.3 Å². The third kappa shape index (κ3) is 5.45. The van der Waals surface area contributed by atoms with Crippen LogP contribution in [0.4, 0.5) is 16.5 Å². The van der Waals surface area contributed by atoms with E-state index in [1.807, 2.05) is 62.4 Å². The number of hydrogen-bond donors (Lipinski definition) is 2. The summed E-state index contributed by atoms with van der Waals surface area (Å²) in [7, 11) is 1.63. The van der Waals surface area contributed by atoms with Crippen molar-refractivity contribution in [3.63, 3.8) is 0 Å². The molecule has 1 heterocycles. The molecular formula is C19H20N4O2S2. The Kier molecular flexibility index (Phi) is 6.31. The molecule has 3 aromatic rings. The maximum atomic E-state index is 12.4. The van der Waals surface area contributed by atoms with Gasteiger partial charge in [-0.05, 0) is 43.7 Å². The van der Waals surface area contributed by atoms with Crippen molar-refractivity contribution in [1.29, 1.82) is 0 Å². The third-order valence-corrected chi connectivity index (χ3v) is 5.68. The van der Waals surface area contributed by atoms with Crippen molar-refractivity contribution in [2.45, 2.75) is 23.4 Å². The van der Waals surface area contributed by atoms with Crippen LogP contribution in [0.2, 0.25) is 0 Å². The zero-order valence-electron chi connectivity index (χ0n) is 15.2. The molecule has 0 radical (unpaired) electrons. The number of hydrogen-bond acceptors (Lipinski definition) is 7. The Morgan fingerprint density at radius 3 is 2.70 bits per heavy atom. The molecule has 0 bridgehead atoms. The smallest absolute Gasteiger partial charge is 0.237 e. The lowest BCUT2D eigenvalue weighted by atomic mass is 10.2. The van der Waals surface area contributed by atoms with Crippen LogP contribution in [-0.4, -0.2) is 28.5 Å². The van der Waals surface area contributed by atoms with Gasteiger partial charge >= 0.3 is 0 Å². The molecule has 8 heteroatoms. The van der Waals surface area contributed by atoms with Crippen molar-refractivity contribution in [1.82, 2.24) is 10.2 Å². The number of nitrogens with one attached hydrogen (secondary N) is 2. The Bertz CT molecular complexity index is 929. The molecule has 1 aromatic heterocycles. The Labute approximate surface area is 166 Å². The summed E-state index contributed by atoms with van der Waals surface area (Å²) in [4.78, 5) is 12.4. The van der Waals surface area contributed by atoms with Gasteiger partial charge in [0.2, 0.25) is 11.0 Å². The Balaban J connectivity index is 1.58. The molecule has 6 nitrogen and oxygen atoms in total. The number of methoxy groups -OCH3 is 1. The fourth-order valence-corrected chi connectivity index (χ4v) is 4.22. The highest BCUT2D eigenvalue weighted by molar-refractivity contribution is 8.02. The van der Waals surface area contributed by atoms with Crippen LogP contribution >= 0.6 is 23.1 Å². The SMILES string of the molecule is COc1cccc(Nc2nnc(SC(C)C(=O)Nc3cccc(C)c3)s2)c1. The molecule has 140 valence electrons. The van der Waals surface area contributed by atoms with Gasteiger partial charge in [0, 0.05) is 17.4 Å². The van der Waals surface area contributed by atoms with Gasteiger partial charge < -0.3 is 15.4 Å². The van der Waals surface area contributed by atoms with E-state index in [1.54, 1.807) is 7.11 Å². The second-order valence-corrected chi connectivity index (χ2v) is 8.41. The first-order chi connectivity index (χ1) is 13.0. The van der Waals surface area contributed by atoms with E-state index in [2.05, 4.69) is 20.8 Å². The number of thioether (sulfide) groups is 1. The molecule has 0 fully saturated rings. The molecule has 27 heavy (non-hydrogen) atoms. The van der Waals surface area contributed by atoms with Gasteiger partial charge in [-0.2, -0.15) is 0 Å². The maximum absolute atomic E-state index is 12.4. The van der Waals surface area contributed by atoms with Gasteiger partial charge in [-0.25, -0.2) is 0 Å². The minimum atomic E-state index is -0.289. The van der Waals surface area contributed by atoms with Gasteiger partial charge in [0.05, 0.1) is 12.4 Å². The number of nitrogens with zero attached hydrogens (tertiary/aromatic N) is 2. The first-order valence-corrected chi connectivity index (χ1v) is 10.0. The van der Waals surface area contributed by atoms with Gasteiger partial charge in [0.15, 0.2) is 4.34 Å². The number of anilines is 3. The lowest BCUT2D eigenvalue weighted by molar-refractivity contribution is -0.115. The summed E-state index contributed by atoms with van der Waals surface area (Å²) < 4.78 is 5.94. The molecule has 3 rings (SSSR count). The molecule has 1 amide bonds. The summed E-state index contributed by atoms with van der Waals surface area (Å²) >= 11 is 2.79. The monoisotopic (exact) mass is 400 g/mol. The molecule has 0 spiro atoms. The zero-order valence-corrected chi connectivity index (χ0v) is 16.9. The van der Waals surface area contributed by atoms with Crippen molar-refractivity contribution in [2.24, 2.45) is 0 Å². The van der Waals surface area contributed by atoms with Crippen molar-refractivity contribution in [2.75, 3.05) is 17.7 Å². The lowest BCUT2D eigenvalue weighted by Crippen LogP contribution is -2.22. The number of benzene rings is 2. The predicted molar refractivity (Wildman–Crippen MR) is 111 cm³/mol. The highest BCUT2D eigenvalue weighted by Gasteiger charge is 2.17. The van der Waals surface area contributed by atoms with Crippen LogP contribution in [0.15, 0.2) is 52.9 Å². The summed E-state index contributed by atoms with van der Waals surface area (Å²) in [5.74, 6) is 0.698. The number of carbonyl (C=O) groups is 1. The summed E-state index contributed by atoms with van der Waals surface area (Å²) in [6.45, 7) is 3.85. The van der Waals surface area contributed by atoms with Crippen LogP contribution in [-0.2, 0) is 4.79 Å². The van der Waals surface area contributed by atoms with E-state index < -0.39 is 0 Å². The van der Waals surface area contributed by atoms with Gasteiger partial charge in [0.1, 0.15) is 5.75 Å². The van der Waals surface area contributed by atoms with E-state index in [-0.39, 0.29) is 11.2 Å². The highest BCUT2D eigenvalue weighted by atomic mass is 32.2. The van der Waals surface area contributed by atoms with Gasteiger partial charge in [0.25, 0.3) is 0 Å². The number of carbonyl (C=O) groups excluding carboxylic acids is 1. The largest absolute Gasteiger partial charge is 0.497 e. The van der Waals surface area contributed by atoms with E-state index in [1.165, 1.54) is 23.1 Å². The van der Waals surface area contributed by atoms with Crippen LogP contribution < -0.4 is 15.4 Å². The number of aryl methyl sites for hydroxylation is 1. The van der Waals surface area contributed by atoms with Crippen molar-refractivity contribution in [3.8, 4) is 5.75 Å². The van der Waals surface area contributed by atoms with E-state index in [9.17, 15) is 4.79 Å². The molecule has 0 aliphatic carbocycles. The molecular weight excluding hydrogens is 380 g/mol. The molecule has 0 saturated heterocycles. The summed E-state index contributed by atoms with van der Waals surface area (Å²) in [6.07, 6.45) is 0. The maximum Gasteiger partial charge on any atom is 0.237 e. The lowest BCUT2D eigenvalue weighted by Gasteiger charge is -2.10. The average Bonchev–Trinajstić information content (AvgIpc) is 3.08. The minimum absolute atomic E-state index is 0.0666. The Morgan fingerprint density at radius 1 is 1.15 bits per heavy atom. The van der Waals surface area contributed by atoms with Crippen LogP contribution in [0.3, 0.4) is 0 Å². The first kappa shape index (κ1) is 19.2. The average molecular weight is 401 g/mol.